The predicted molar refractivity (Wildman–Crippen MR) is 129 cm³/mol. The number of aromatic nitrogens is 3. The van der Waals surface area contributed by atoms with Crippen LogP contribution in [0.15, 0.2) is 51.9 Å². The molecule has 5 rings (SSSR count). The first-order valence-electron chi connectivity index (χ1n) is 10.9. The number of thiazole rings is 1. The summed E-state index contributed by atoms with van der Waals surface area (Å²) in [6.45, 7) is 4.23. The van der Waals surface area contributed by atoms with Crippen molar-refractivity contribution in [2.75, 3.05) is 18.4 Å². The number of piperidine rings is 1. The zero-order valence-electron chi connectivity index (χ0n) is 18.7. The maximum Gasteiger partial charge on any atom is 0.243 e. The second kappa shape index (κ2) is 8.90. The number of hydrogen-bond acceptors (Lipinski definition) is 8. The van der Waals surface area contributed by atoms with Gasteiger partial charge in [0, 0.05) is 31.5 Å². The van der Waals surface area contributed by atoms with Crippen molar-refractivity contribution >= 4 is 42.6 Å². The highest BCUT2D eigenvalue weighted by atomic mass is 32.2. The molecule has 1 amide bonds. The van der Waals surface area contributed by atoms with Crippen molar-refractivity contribution in [3.63, 3.8) is 0 Å². The largest absolute Gasteiger partial charge is 0.339 e. The van der Waals surface area contributed by atoms with E-state index in [4.69, 9.17) is 4.52 Å². The van der Waals surface area contributed by atoms with Gasteiger partial charge in [0.1, 0.15) is 0 Å². The summed E-state index contributed by atoms with van der Waals surface area (Å²) in [7, 11) is -3.71. The van der Waals surface area contributed by atoms with Gasteiger partial charge in [-0.15, -0.1) is 0 Å². The van der Waals surface area contributed by atoms with Crippen LogP contribution in [0.4, 0.5) is 5.13 Å². The van der Waals surface area contributed by atoms with E-state index in [1.807, 2.05) is 25.1 Å². The van der Waals surface area contributed by atoms with Crippen LogP contribution in [0.3, 0.4) is 0 Å². The van der Waals surface area contributed by atoms with E-state index >= 15 is 0 Å². The Hall–Kier alpha value is -3.15. The Morgan fingerprint density at radius 1 is 1.12 bits per heavy atom. The molecule has 0 saturated carbocycles. The van der Waals surface area contributed by atoms with Crippen molar-refractivity contribution in [3.05, 3.63) is 53.9 Å². The highest BCUT2D eigenvalue weighted by Gasteiger charge is 2.32. The van der Waals surface area contributed by atoms with Crippen LogP contribution in [-0.2, 0) is 14.8 Å². The Morgan fingerprint density at radius 3 is 2.65 bits per heavy atom. The van der Waals surface area contributed by atoms with Gasteiger partial charge in [0.2, 0.25) is 27.6 Å². The molecule has 4 aromatic rings. The molecule has 0 spiro atoms. The van der Waals surface area contributed by atoms with Crippen molar-refractivity contribution in [2.24, 2.45) is 5.92 Å². The predicted octanol–water partition coefficient (Wildman–Crippen LogP) is 4.00. The van der Waals surface area contributed by atoms with Crippen LogP contribution in [0, 0.1) is 19.8 Å². The molecule has 34 heavy (non-hydrogen) atoms. The standard InChI is InChI=1S/C23H23N5O4S2/c1-14-6-7-19-20(12-14)33-23(25-19)26-22(29)16-8-10-28(11-9-16)34(30,31)18-5-3-4-17(13-18)21-24-15(2)32-27-21/h3-7,12-13,16H,8-11H2,1-2H3,(H,25,26,29). The fourth-order valence-corrected chi connectivity index (χ4v) is 6.50. The van der Waals surface area contributed by atoms with Gasteiger partial charge < -0.3 is 9.84 Å². The Kier molecular flexibility index (Phi) is 5.92. The number of hydrogen-bond donors (Lipinski definition) is 1. The van der Waals surface area contributed by atoms with Gasteiger partial charge >= 0.3 is 0 Å². The molecule has 176 valence electrons. The molecule has 1 saturated heterocycles. The average Bonchev–Trinajstić information content (AvgIpc) is 3.44. The minimum Gasteiger partial charge on any atom is -0.339 e. The number of nitrogens with one attached hydrogen (secondary N) is 1. The van der Waals surface area contributed by atoms with Crippen molar-refractivity contribution in [2.45, 2.75) is 31.6 Å². The third-order valence-electron chi connectivity index (χ3n) is 5.86. The Morgan fingerprint density at radius 2 is 1.91 bits per heavy atom. The fraction of sp³-hybridized carbons (Fsp3) is 0.304. The first-order valence-corrected chi connectivity index (χ1v) is 13.1. The molecule has 0 unspecified atom stereocenters. The van der Waals surface area contributed by atoms with Gasteiger partial charge in [-0.05, 0) is 49.6 Å². The number of amides is 1. The number of anilines is 1. The van der Waals surface area contributed by atoms with E-state index < -0.39 is 10.0 Å². The van der Waals surface area contributed by atoms with Crippen LogP contribution >= 0.6 is 11.3 Å². The quantitative estimate of drug-likeness (QED) is 0.443. The summed E-state index contributed by atoms with van der Waals surface area (Å²) in [4.78, 5) is 21.6. The number of benzene rings is 2. The molecule has 2 aromatic carbocycles. The number of carbonyl (C=O) groups excluding carboxylic acids is 1. The van der Waals surface area contributed by atoms with E-state index in [1.54, 1.807) is 31.2 Å². The van der Waals surface area contributed by atoms with Crippen molar-refractivity contribution in [1.29, 1.82) is 0 Å². The van der Waals surface area contributed by atoms with E-state index in [1.165, 1.54) is 15.6 Å². The summed E-state index contributed by atoms with van der Waals surface area (Å²) >= 11 is 1.44. The maximum absolute atomic E-state index is 13.2. The third kappa shape index (κ3) is 4.46. The molecule has 2 aromatic heterocycles. The lowest BCUT2D eigenvalue weighted by atomic mass is 9.97. The maximum atomic E-state index is 13.2. The van der Waals surface area contributed by atoms with Gasteiger partial charge in [-0.2, -0.15) is 9.29 Å². The van der Waals surface area contributed by atoms with Gasteiger partial charge in [-0.3, -0.25) is 4.79 Å². The van der Waals surface area contributed by atoms with E-state index in [0.29, 0.717) is 35.3 Å². The highest BCUT2D eigenvalue weighted by Crippen LogP contribution is 2.30. The minimum absolute atomic E-state index is 0.123. The second-order valence-corrected chi connectivity index (χ2v) is 11.3. The van der Waals surface area contributed by atoms with Gasteiger partial charge in [0.25, 0.3) is 0 Å². The summed E-state index contributed by atoms with van der Waals surface area (Å²) in [5.74, 6) is 0.357. The van der Waals surface area contributed by atoms with Crippen molar-refractivity contribution in [3.8, 4) is 11.4 Å². The molecule has 1 aliphatic heterocycles. The van der Waals surface area contributed by atoms with Gasteiger partial charge in [0.15, 0.2) is 5.13 Å². The van der Waals surface area contributed by atoms with Crippen LogP contribution in [0.5, 0.6) is 0 Å². The normalized spacial score (nSPS) is 15.6. The monoisotopic (exact) mass is 497 g/mol. The molecular weight excluding hydrogens is 474 g/mol. The second-order valence-electron chi connectivity index (χ2n) is 8.32. The third-order valence-corrected chi connectivity index (χ3v) is 8.68. The number of nitrogens with zero attached hydrogens (tertiary/aromatic N) is 4. The minimum atomic E-state index is -3.71. The lowest BCUT2D eigenvalue weighted by Gasteiger charge is -2.30. The summed E-state index contributed by atoms with van der Waals surface area (Å²) < 4.78 is 33.9. The molecule has 1 aliphatic rings. The smallest absolute Gasteiger partial charge is 0.243 e. The Balaban J connectivity index is 1.24. The first-order chi connectivity index (χ1) is 16.3. The molecule has 9 nitrogen and oxygen atoms in total. The molecule has 1 fully saturated rings. The molecule has 0 aliphatic carbocycles. The van der Waals surface area contributed by atoms with Crippen LogP contribution in [0.25, 0.3) is 21.6 Å². The van der Waals surface area contributed by atoms with Gasteiger partial charge in [0.05, 0.1) is 15.1 Å². The highest BCUT2D eigenvalue weighted by molar-refractivity contribution is 7.89. The van der Waals surface area contributed by atoms with E-state index in [0.717, 1.165) is 15.8 Å². The summed E-state index contributed by atoms with van der Waals surface area (Å²) in [5.41, 5.74) is 2.56. The van der Waals surface area contributed by atoms with E-state index in [2.05, 4.69) is 20.4 Å². The van der Waals surface area contributed by atoms with Crippen LogP contribution < -0.4 is 5.32 Å². The summed E-state index contributed by atoms with van der Waals surface area (Å²) in [5, 5.41) is 7.34. The van der Waals surface area contributed by atoms with Gasteiger partial charge in [-0.25, -0.2) is 13.4 Å². The molecule has 3 heterocycles. The number of rotatable bonds is 5. The zero-order valence-corrected chi connectivity index (χ0v) is 20.3. The van der Waals surface area contributed by atoms with E-state index in [-0.39, 0.29) is 29.8 Å². The number of aryl methyl sites for hydroxylation is 2. The number of sulfonamides is 1. The lowest BCUT2D eigenvalue weighted by molar-refractivity contribution is -0.120. The number of carbonyl (C=O) groups is 1. The summed E-state index contributed by atoms with van der Waals surface area (Å²) in [6.07, 6.45) is 0.886. The lowest BCUT2D eigenvalue weighted by Crippen LogP contribution is -2.41. The summed E-state index contributed by atoms with van der Waals surface area (Å²) in [6, 6.07) is 12.5. The van der Waals surface area contributed by atoms with Gasteiger partial charge in [-0.1, -0.05) is 34.7 Å². The molecular formula is C23H23N5O4S2. The average molecular weight is 498 g/mol. The topological polar surface area (TPSA) is 118 Å². The molecule has 0 radical (unpaired) electrons. The van der Waals surface area contributed by atoms with Crippen molar-refractivity contribution in [1.82, 2.24) is 19.4 Å². The Bertz CT molecular complexity index is 1470. The Labute approximate surface area is 200 Å². The molecule has 1 N–H and O–H groups in total. The van der Waals surface area contributed by atoms with Crippen molar-refractivity contribution < 1.29 is 17.7 Å². The SMILES string of the molecule is Cc1ccc2nc(NC(=O)C3CCN(S(=O)(=O)c4cccc(-c5noc(C)n5)c4)CC3)sc2c1. The molecule has 11 heteroatoms. The van der Waals surface area contributed by atoms with Crippen LogP contribution in [0.2, 0.25) is 0 Å². The van der Waals surface area contributed by atoms with Crippen LogP contribution in [-0.4, -0.2) is 46.8 Å². The number of fused-ring (bicyclic) bond motifs is 1. The fourth-order valence-electron chi connectivity index (χ4n) is 4.01. The van der Waals surface area contributed by atoms with Crippen LogP contribution in [0.1, 0.15) is 24.3 Å². The molecule has 0 bridgehead atoms. The first kappa shape index (κ1) is 22.6. The van der Waals surface area contributed by atoms with E-state index in [9.17, 15) is 13.2 Å². The molecule has 0 atom stereocenters. The zero-order chi connectivity index (χ0) is 23.9.